The van der Waals surface area contributed by atoms with Gasteiger partial charge in [-0.3, -0.25) is 4.79 Å². The molecular formula is C20H20ClFN4O3S. The van der Waals surface area contributed by atoms with E-state index in [1.165, 1.54) is 36.2 Å². The van der Waals surface area contributed by atoms with E-state index in [9.17, 15) is 14.0 Å². The van der Waals surface area contributed by atoms with Gasteiger partial charge in [0.25, 0.3) is 5.91 Å². The predicted octanol–water partition coefficient (Wildman–Crippen LogP) is 3.48. The molecule has 30 heavy (non-hydrogen) atoms. The molecule has 1 atom stereocenters. The van der Waals surface area contributed by atoms with Crippen LogP contribution in [-0.4, -0.2) is 51.4 Å². The molecular weight excluding hydrogens is 431 g/mol. The lowest BCUT2D eigenvalue weighted by Crippen LogP contribution is -2.42. The van der Waals surface area contributed by atoms with E-state index in [0.29, 0.717) is 18.0 Å². The molecule has 7 nitrogen and oxygen atoms in total. The quantitative estimate of drug-likeness (QED) is 0.531. The van der Waals surface area contributed by atoms with Gasteiger partial charge in [0.1, 0.15) is 23.1 Å². The third kappa shape index (κ3) is 4.68. The Morgan fingerprint density at radius 3 is 2.70 bits per heavy atom. The van der Waals surface area contributed by atoms with Crippen LogP contribution in [0.5, 0.6) is 0 Å². The van der Waals surface area contributed by atoms with Crippen LogP contribution in [0.4, 0.5) is 4.39 Å². The molecule has 158 valence electrons. The van der Waals surface area contributed by atoms with Gasteiger partial charge in [0.2, 0.25) is 0 Å². The first-order chi connectivity index (χ1) is 14.5. The number of hydrogen-bond donors (Lipinski definition) is 1. The molecule has 10 heteroatoms. The van der Waals surface area contributed by atoms with Crippen molar-refractivity contribution in [3.05, 3.63) is 65.3 Å². The van der Waals surface area contributed by atoms with Crippen LogP contribution in [0.15, 0.2) is 48.9 Å². The lowest BCUT2D eigenvalue weighted by atomic mass is 10.2. The second kappa shape index (κ2) is 9.82. The molecule has 0 aliphatic carbocycles. The molecule has 0 aliphatic heterocycles. The first kappa shape index (κ1) is 21.9. The van der Waals surface area contributed by atoms with Crippen LogP contribution in [0.25, 0.3) is 11.5 Å². The zero-order valence-electron chi connectivity index (χ0n) is 16.3. The molecule has 0 saturated heterocycles. The van der Waals surface area contributed by atoms with E-state index in [4.69, 9.17) is 16.3 Å². The van der Waals surface area contributed by atoms with Crippen molar-refractivity contribution in [1.82, 2.24) is 19.7 Å². The SMILES string of the molecule is COC(=O)[C@H](CCSC)NC(=O)c1cnn(-c2ccc(Cl)cc2F)c1-n1cccc1. The topological polar surface area (TPSA) is 78.2 Å². The summed E-state index contributed by atoms with van der Waals surface area (Å²) in [6.07, 6.45) is 7.08. The fraction of sp³-hybridized carbons (Fsp3) is 0.250. The van der Waals surface area contributed by atoms with Gasteiger partial charge in [-0.1, -0.05) is 11.6 Å². The van der Waals surface area contributed by atoms with E-state index in [-0.39, 0.29) is 16.3 Å². The highest BCUT2D eigenvalue weighted by Crippen LogP contribution is 2.24. The van der Waals surface area contributed by atoms with Gasteiger partial charge in [0.05, 0.1) is 13.3 Å². The number of rotatable bonds is 8. The number of esters is 1. The number of nitrogens with zero attached hydrogens (tertiary/aromatic N) is 3. The molecule has 0 saturated carbocycles. The van der Waals surface area contributed by atoms with Gasteiger partial charge in [-0.05, 0) is 48.8 Å². The molecule has 1 N–H and O–H groups in total. The third-order valence-electron chi connectivity index (χ3n) is 4.38. The first-order valence-electron chi connectivity index (χ1n) is 9.00. The van der Waals surface area contributed by atoms with E-state index in [1.54, 1.807) is 40.9 Å². The second-order valence-electron chi connectivity index (χ2n) is 6.31. The molecule has 0 aliphatic rings. The Bertz CT molecular complexity index is 1040. The lowest BCUT2D eigenvalue weighted by molar-refractivity contribution is -0.142. The number of ether oxygens (including phenoxy) is 1. The number of hydrogen-bond acceptors (Lipinski definition) is 5. The highest BCUT2D eigenvalue weighted by atomic mass is 35.5. The number of benzene rings is 1. The van der Waals surface area contributed by atoms with Crippen LogP contribution < -0.4 is 5.32 Å². The predicted molar refractivity (Wildman–Crippen MR) is 114 cm³/mol. The van der Waals surface area contributed by atoms with E-state index in [0.717, 1.165) is 0 Å². The van der Waals surface area contributed by atoms with Gasteiger partial charge in [0.15, 0.2) is 5.82 Å². The number of aromatic nitrogens is 3. The molecule has 0 bridgehead atoms. The molecule has 0 unspecified atom stereocenters. The molecule has 0 radical (unpaired) electrons. The summed E-state index contributed by atoms with van der Waals surface area (Å²) in [5, 5.41) is 7.17. The van der Waals surface area contributed by atoms with Crippen molar-refractivity contribution >= 4 is 35.2 Å². The Balaban J connectivity index is 2.02. The average Bonchev–Trinajstić information content (AvgIpc) is 3.39. The summed E-state index contributed by atoms with van der Waals surface area (Å²) in [7, 11) is 1.27. The van der Waals surface area contributed by atoms with Gasteiger partial charge in [-0.15, -0.1) is 0 Å². The number of halogens is 2. The highest BCUT2D eigenvalue weighted by molar-refractivity contribution is 7.98. The van der Waals surface area contributed by atoms with E-state index >= 15 is 0 Å². The second-order valence-corrected chi connectivity index (χ2v) is 7.73. The Kier molecular flexibility index (Phi) is 7.17. The Labute approximate surface area is 182 Å². The average molecular weight is 451 g/mol. The fourth-order valence-corrected chi connectivity index (χ4v) is 3.55. The minimum absolute atomic E-state index is 0.133. The molecule has 0 fully saturated rings. The maximum Gasteiger partial charge on any atom is 0.328 e. The van der Waals surface area contributed by atoms with Crippen molar-refractivity contribution in [3.8, 4) is 11.5 Å². The van der Waals surface area contributed by atoms with Gasteiger partial charge >= 0.3 is 5.97 Å². The summed E-state index contributed by atoms with van der Waals surface area (Å²) in [4.78, 5) is 25.1. The van der Waals surface area contributed by atoms with Crippen molar-refractivity contribution in [2.45, 2.75) is 12.5 Å². The summed E-state index contributed by atoms with van der Waals surface area (Å²) < 4.78 is 22.3. The largest absolute Gasteiger partial charge is 0.467 e. The zero-order valence-corrected chi connectivity index (χ0v) is 17.9. The van der Waals surface area contributed by atoms with Crippen molar-refractivity contribution in [2.24, 2.45) is 0 Å². The van der Waals surface area contributed by atoms with Crippen LogP contribution in [0.2, 0.25) is 5.02 Å². The van der Waals surface area contributed by atoms with Gasteiger partial charge in [-0.25, -0.2) is 13.9 Å². The number of thioether (sulfide) groups is 1. The lowest BCUT2D eigenvalue weighted by Gasteiger charge is -2.17. The van der Waals surface area contributed by atoms with Crippen molar-refractivity contribution in [3.63, 3.8) is 0 Å². The normalized spacial score (nSPS) is 11.9. The number of nitrogens with one attached hydrogen (secondary N) is 1. The zero-order chi connectivity index (χ0) is 21.7. The standard InChI is InChI=1S/C20H20ClFN4O3S/c1-29-20(28)16(7-10-30-2)24-18(27)14-12-23-26(19(14)25-8-3-4-9-25)17-6-5-13(21)11-15(17)22/h3-6,8-9,11-12,16H,7,10H2,1-2H3,(H,24,27)/t16-/m0/s1. The summed E-state index contributed by atoms with van der Waals surface area (Å²) in [5.41, 5.74) is 0.313. The van der Waals surface area contributed by atoms with Gasteiger partial charge < -0.3 is 14.6 Å². The molecule has 0 spiro atoms. The number of amides is 1. The van der Waals surface area contributed by atoms with Crippen molar-refractivity contribution in [2.75, 3.05) is 19.1 Å². The minimum Gasteiger partial charge on any atom is -0.467 e. The van der Waals surface area contributed by atoms with Crippen LogP contribution in [0.3, 0.4) is 0 Å². The maximum absolute atomic E-state index is 14.6. The molecule has 1 amide bonds. The van der Waals surface area contributed by atoms with Crippen LogP contribution in [0.1, 0.15) is 16.8 Å². The number of carbonyl (C=O) groups is 2. The monoisotopic (exact) mass is 450 g/mol. The molecule has 3 rings (SSSR count). The smallest absolute Gasteiger partial charge is 0.328 e. The van der Waals surface area contributed by atoms with Crippen LogP contribution in [-0.2, 0) is 9.53 Å². The van der Waals surface area contributed by atoms with Gasteiger partial charge in [0, 0.05) is 17.4 Å². The van der Waals surface area contributed by atoms with E-state index < -0.39 is 23.7 Å². The Hall–Kier alpha value is -2.78. The minimum atomic E-state index is -0.803. The molecule has 2 aromatic heterocycles. The first-order valence-corrected chi connectivity index (χ1v) is 10.8. The Morgan fingerprint density at radius 1 is 1.33 bits per heavy atom. The van der Waals surface area contributed by atoms with Crippen molar-refractivity contribution in [1.29, 1.82) is 0 Å². The maximum atomic E-state index is 14.6. The van der Waals surface area contributed by atoms with E-state index in [2.05, 4.69) is 10.4 Å². The van der Waals surface area contributed by atoms with Crippen LogP contribution in [0, 0.1) is 5.82 Å². The van der Waals surface area contributed by atoms with Crippen molar-refractivity contribution < 1.29 is 18.7 Å². The molecule has 1 aromatic carbocycles. The summed E-state index contributed by atoms with van der Waals surface area (Å²) in [6, 6.07) is 6.93. The number of carbonyl (C=O) groups excluding carboxylic acids is 2. The van der Waals surface area contributed by atoms with Crippen LogP contribution >= 0.6 is 23.4 Å². The van der Waals surface area contributed by atoms with E-state index in [1.807, 2.05) is 6.26 Å². The Morgan fingerprint density at radius 2 is 2.07 bits per heavy atom. The summed E-state index contributed by atoms with van der Waals surface area (Å²) in [6.45, 7) is 0. The summed E-state index contributed by atoms with van der Waals surface area (Å²) in [5.74, 6) is -0.641. The van der Waals surface area contributed by atoms with Gasteiger partial charge in [-0.2, -0.15) is 16.9 Å². The fourth-order valence-electron chi connectivity index (χ4n) is 2.92. The molecule has 2 heterocycles. The third-order valence-corrected chi connectivity index (χ3v) is 5.26. The number of methoxy groups -OCH3 is 1. The summed E-state index contributed by atoms with van der Waals surface area (Å²) >= 11 is 7.41. The molecule has 3 aromatic rings. The highest BCUT2D eigenvalue weighted by Gasteiger charge is 2.26.